The number of nitrogens with one attached hydrogen (secondary N) is 2. The predicted octanol–water partition coefficient (Wildman–Crippen LogP) is 2.08. The lowest BCUT2D eigenvalue weighted by atomic mass is 9.95. The first-order chi connectivity index (χ1) is 11.6. The van der Waals surface area contributed by atoms with Crippen molar-refractivity contribution in [3.8, 4) is 0 Å². The summed E-state index contributed by atoms with van der Waals surface area (Å²) in [5, 5.41) is 4.36. The molecule has 6 heteroatoms. The molecule has 2 N–H and O–H groups in total. The van der Waals surface area contributed by atoms with Crippen molar-refractivity contribution in [3.63, 3.8) is 0 Å². The first kappa shape index (κ1) is 16.5. The van der Waals surface area contributed by atoms with Crippen LogP contribution < -0.4 is 15.8 Å². The molecule has 0 atom stereocenters. The zero-order chi connectivity index (χ0) is 17.1. The van der Waals surface area contributed by atoms with Gasteiger partial charge in [-0.1, -0.05) is 26.2 Å². The second kappa shape index (κ2) is 7.03. The molecule has 0 saturated heterocycles. The van der Waals surface area contributed by atoms with Crippen LogP contribution in [0.15, 0.2) is 18.2 Å². The summed E-state index contributed by atoms with van der Waals surface area (Å²) in [7, 11) is 0. The fourth-order valence-electron chi connectivity index (χ4n) is 3.30. The number of benzene rings is 1. The maximum Gasteiger partial charge on any atom is 0.251 e. The third kappa shape index (κ3) is 3.42. The van der Waals surface area contributed by atoms with E-state index in [-0.39, 0.29) is 30.2 Å². The number of hydrogen-bond acceptors (Lipinski definition) is 3. The van der Waals surface area contributed by atoms with Crippen molar-refractivity contribution < 1.29 is 14.4 Å². The highest BCUT2D eigenvalue weighted by molar-refractivity contribution is 6.04. The lowest BCUT2D eigenvalue weighted by Gasteiger charge is -2.23. The molecule has 1 fully saturated rings. The van der Waals surface area contributed by atoms with Gasteiger partial charge in [0.05, 0.1) is 12.1 Å². The monoisotopic (exact) mass is 329 g/mol. The normalized spacial score (nSPS) is 17.5. The highest BCUT2D eigenvalue weighted by atomic mass is 16.2. The van der Waals surface area contributed by atoms with E-state index < -0.39 is 0 Å². The Hall–Kier alpha value is -2.37. The van der Waals surface area contributed by atoms with E-state index in [0.717, 1.165) is 31.2 Å². The molecule has 1 aliphatic heterocycles. The van der Waals surface area contributed by atoms with Crippen molar-refractivity contribution in [1.29, 1.82) is 0 Å². The van der Waals surface area contributed by atoms with Crippen LogP contribution in [0.25, 0.3) is 0 Å². The van der Waals surface area contributed by atoms with Crippen LogP contribution >= 0.6 is 0 Å². The largest absolute Gasteiger partial charge is 0.349 e. The summed E-state index contributed by atoms with van der Waals surface area (Å²) < 4.78 is 0. The Morgan fingerprint density at radius 3 is 2.67 bits per heavy atom. The maximum absolute atomic E-state index is 12.4. The minimum atomic E-state index is -0.213. The van der Waals surface area contributed by atoms with Gasteiger partial charge in [0.25, 0.3) is 5.91 Å². The van der Waals surface area contributed by atoms with Gasteiger partial charge < -0.3 is 5.32 Å². The van der Waals surface area contributed by atoms with Crippen LogP contribution in [0, 0.1) is 0 Å². The fraction of sp³-hybridized carbons (Fsp3) is 0.500. The van der Waals surface area contributed by atoms with Gasteiger partial charge >= 0.3 is 0 Å². The van der Waals surface area contributed by atoms with Gasteiger partial charge in [-0.3, -0.25) is 19.8 Å². The van der Waals surface area contributed by atoms with Crippen molar-refractivity contribution in [2.75, 3.05) is 5.01 Å². The predicted molar refractivity (Wildman–Crippen MR) is 90.4 cm³/mol. The van der Waals surface area contributed by atoms with E-state index in [1.165, 1.54) is 11.4 Å². The summed E-state index contributed by atoms with van der Waals surface area (Å²) in [5.74, 6) is -0.486. The highest BCUT2D eigenvalue weighted by Crippen LogP contribution is 2.28. The summed E-state index contributed by atoms with van der Waals surface area (Å²) in [6, 6.07) is 5.44. The third-order valence-corrected chi connectivity index (χ3v) is 4.67. The molecule has 0 spiro atoms. The number of rotatable bonds is 4. The van der Waals surface area contributed by atoms with Gasteiger partial charge in [0, 0.05) is 18.0 Å². The van der Waals surface area contributed by atoms with Crippen LogP contribution in [0.3, 0.4) is 0 Å². The Morgan fingerprint density at radius 2 is 1.96 bits per heavy atom. The molecular weight excluding hydrogens is 306 g/mol. The minimum Gasteiger partial charge on any atom is -0.349 e. The van der Waals surface area contributed by atoms with E-state index in [4.69, 9.17) is 0 Å². The molecule has 1 aromatic carbocycles. The van der Waals surface area contributed by atoms with E-state index in [0.29, 0.717) is 17.7 Å². The van der Waals surface area contributed by atoms with Crippen LogP contribution in [0.1, 0.15) is 61.4 Å². The van der Waals surface area contributed by atoms with Crippen LogP contribution in [0.5, 0.6) is 0 Å². The molecule has 1 heterocycles. The molecule has 1 aromatic rings. The summed E-state index contributed by atoms with van der Waals surface area (Å²) in [5.41, 5.74) is 4.58. The first-order valence-electron chi connectivity index (χ1n) is 8.64. The first-order valence-corrected chi connectivity index (χ1v) is 8.64. The van der Waals surface area contributed by atoms with Gasteiger partial charge in [0.15, 0.2) is 0 Å². The average Bonchev–Trinajstić information content (AvgIpc) is 2.90. The Balaban J connectivity index is 1.72. The molecule has 0 unspecified atom stereocenters. The number of hydrogen-bond donors (Lipinski definition) is 2. The van der Waals surface area contributed by atoms with E-state index in [1.54, 1.807) is 25.1 Å². The quantitative estimate of drug-likeness (QED) is 0.888. The van der Waals surface area contributed by atoms with Gasteiger partial charge in [-0.15, -0.1) is 0 Å². The SMILES string of the molecule is CCC(=O)NN1C(=O)Cc2cc(C(=O)NC3CCCCC3)ccc21. The van der Waals surface area contributed by atoms with Gasteiger partial charge in [-0.2, -0.15) is 0 Å². The molecule has 0 radical (unpaired) electrons. The molecule has 1 saturated carbocycles. The van der Waals surface area contributed by atoms with Gasteiger partial charge in [-0.25, -0.2) is 5.01 Å². The Labute approximate surface area is 141 Å². The second-order valence-corrected chi connectivity index (χ2v) is 6.45. The number of fused-ring (bicyclic) bond motifs is 1. The number of amides is 3. The Kier molecular flexibility index (Phi) is 4.83. The van der Waals surface area contributed by atoms with E-state index >= 15 is 0 Å². The summed E-state index contributed by atoms with van der Waals surface area (Å²) >= 11 is 0. The standard InChI is InChI=1S/C18H23N3O3/c1-2-16(22)20-21-15-9-8-12(10-13(15)11-17(21)23)18(24)19-14-6-4-3-5-7-14/h8-10,14H,2-7,11H2,1H3,(H,19,24)(H,20,22). The number of carbonyl (C=O) groups is 3. The van der Waals surface area contributed by atoms with Gasteiger partial charge in [-0.05, 0) is 36.6 Å². The second-order valence-electron chi connectivity index (χ2n) is 6.45. The molecule has 3 amide bonds. The van der Waals surface area contributed by atoms with Crippen LogP contribution in [-0.2, 0) is 16.0 Å². The molecule has 0 aromatic heterocycles. The number of hydrazine groups is 1. The molecule has 6 nitrogen and oxygen atoms in total. The van der Waals surface area contributed by atoms with E-state index in [9.17, 15) is 14.4 Å². The van der Waals surface area contributed by atoms with Crippen LogP contribution in [0.4, 0.5) is 5.69 Å². The van der Waals surface area contributed by atoms with Gasteiger partial charge in [0.2, 0.25) is 11.8 Å². The molecule has 0 bridgehead atoms. The van der Waals surface area contributed by atoms with Crippen molar-refractivity contribution >= 4 is 23.4 Å². The van der Waals surface area contributed by atoms with Gasteiger partial charge in [0.1, 0.15) is 0 Å². The third-order valence-electron chi connectivity index (χ3n) is 4.67. The van der Waals surface area contributed by atoms with Crippen molar-refractivity contribution in [3.05, 3.63) is 29.3 Å². The molecule has 24 heavy (non-hydrogen) atoms. The van der Waals surface area contributed by atoms with E-state index in [1.807, 2.05) is 0 Å². The maximum atomic E-state index is 12.4. The summed E-state index contributed by atoms with van der Waals surface area (Å²) in [6.45, 7) is 1.73. The number of carbonyl (C=O) groups excluding carboxylic acids is 3. The number of nitrogens with zero attached hydrogens (tertiary/aromatic N) is 1. The lowest BCUT2D eigenvalue weighted by Crippen LogP contribution is -2.44. The molecule has 1 aliphatic carbocycles. The van der Waals surface area contributed by atoms with E-state index in [2.05, 4.69) is 10.7 Å². The fourth-order valence-corrected chi connectivity index (χ4v) is 3.30. The average molecular weight is 329 g/mol. The van der Waals surface area contributed by atoms with Crippen LogP contribution in [-0.4, -0.2) is 23.8 Å². The van der Waals surface area contributed by atoms with Crippen molar-refractivity contribution in [2.45, 2.75) is 57.9 Å². The molecule has 3 rings (SSSR count). The molecule has 128 valence electrons. The summed E-state index contributed by atoms with van der Waals surface area (Å²) in [6.07, 6.45) is 6.14. The van der Waals surface area contributed by atoms with Crippen molar-refractivity contribution in [1.82, 2.24) is 10.7 Å². The van der Waals surface area contributed by atoms with Crippen molar-refractivity contribution in [2.24, 2.45) is 0 Å². The molecular formula is C18H23N3O3. The smallest absolute Gasteiger partial charge is 0.251 e. The minimum absolute atomic E-state index is 0.0896. The Bertz CT molecular complexity index is 665. The summed E-state index contributed by atoms with van der Waals surface area (Å²) in [4.78, 5) is 36.1. The number of anilines is 1. The lowest BCUT2D eigenvalue weighted by molar-refractivity contribution is -0.125. The molecule has 2 aliphatic rings. The van der Waals surface area contributed by atoms with Crippen LogP contribution in [0.2, 0.25) is 0 Å². The highest BCUT2D eigenvalue weighted by Gasteiger charge is 2.29. The zero-order valence-corrected chi connectivity index (χ0v) is 13.9. The topological polar surface area (TPSA) is 78.5 Å². The zero-order valence-electron chi connectivity index (χ0n) is 13.9. The Morgan fingerprint density at radius 1 is 1.21 bits per heavy atom.